The van der Waals surface area contributed by atoms with E-state index in [-0.39, 0.29) is 22.3 Å². The molecule has 3 rings (SSSR count). The van der Waals surface area contributed by atoms with Gasteiger partial charge in [0, 0.05) is 29.3 Å². The van der Waals surface area contributed by atoms with Gasteiger partial charge in [0.2, 0.25) is 10.0 Å². The number of hydrogen-bond acceptors (Lipinski definition) is 5. The highest BCUT2D eigenvalue weighted by Gasteiger charge is 2.22. The second-order valence-corrected chi connectivity index (χ2v) is 9.47. The summed E-state index contributed by atoms with van der Waals surface area (Å²) in [5, 5.41) is 2.84. The van der Waals surface area contributed by atoms with Gasteiger partial charge in [-0.25, -0.2) is 13.1 Å². The first-order valence-corrected chi connectivity index (χ1v) is 11.9. The number of amides is 1. The van der Waals surface area contributed by atoms with Crippen LogP contribution in [-0.2, 0) is 16.4 Å². The number of anilines is 1. The van der Waals surface area contributed by atoms with E-state index in [9.17, 15) is 13.2 Å². The average Bonchev–Trinajstić information content (AvgIpc) is 2.78. The van der Waals surface area contributed by atoms with E-state index < -0.39 is 15.9 Å². The average molecular weight is 469 g/mol. The number of carbonyl (C=O) groups excluding carboxylic acids is 1. The molecule has 1 amide bonds. The van der Waals surface area contributed by atoms with E-state index in [1.54, 1.807) is 33.1 Å². The first-order chi connectivity index (χ1) is 15.7. The highest BCUT2D eigenvalue weighted by Crippen LogP contribution is 2.28. The third-order valence-electron chi connectivity index (χ3n) is 4.88. The predicted octanol–water partition coefficient (Wildman–Crippen LogP) is 4.23. The minimum atomic E-state index is -3.85. The summed E-state index contributed by atoms with van der Waals surface area (Å²) in [5.41, 5.74) is 2.80. The largest absolute Gasteiger partial charge is 0.496 e. The minimum Gasteiger partial charge on any atom is -0.496 e. The van der Waals surface area contributed by atoms with Crippen LogP contribution in [0.5, 0.6) is 11.5 Å². The monoisotopic (exact) mass is 468 g/mol. The summed E-state index contributed by atoms with van der Waals surface area (Å²) in [5.74, 6) is 0.443. The molecule has 0 atom stereocenters. The summed E-state index contributed by atoms with van der Waals surface area (Å²) < 4.78 is 38.6. The van der Waals surface area contributed by atoms with E-state index in [1.165, 1.54) is 25.3 Å². The van der Waals surface area contributed by atoms with E-state index in [2.05, 4.69) is 10.0 Å². The van der Waals surface area contributed by atoms with Crippen molar-refractivity contribution in [2.75, 3.05) is 19.5 Å². The number of nitrogens with one attached hydrogen (secondary N) is 2. The number of carbonyl (C=O) groups is 1. The predicted molar refractivity (Wildman–Crippen MR) is 129 cm³/mol. The van der Waals surface area contributed by atoms with Crippen LogP contribution in [0.15, 0.2) is 71.6 Å². The fraction of sp³-hybridized carbons (Fsp3) is 0.240. The van der Waals surface area contributed by atoms with E-state index in [4.69, 9.17) is 9.47 Å². The Bertz CT molecular complexity index is 1220. The highest BCUT2D eigenvalue weighted by atomic mass is 32.2. The molecule has 0 radical (unpaired) electrons. The second-order valence-electron chi connectivity index (χ2n) is 7.78. The van der Waals surface area contributed by atoms with E-state index in [0.717, 1.165) is 16.9 Å². The van der Waals surface area contributed by atoms with Crippen LogP contribution in [0.1, 0.15) is 35.3 Å². The van der Waals surface area contributed by atoms with Gasteiger partial charge in [-0.2, -0.15) is 0 Å². The molecule has 0 bridgehead atoms. The van der Waals surface area contributed by atoms with Crippen molar-refractivity contribution in [2.24, 2.45) is 0 Å². The number of hydrogen-bond donors (Lipinski definition) is 2. The van der Waals surface area contributed by atoms with Crippen molar-refractivity contribution >= 4 is 21.6 Å². The third-order valence-corrected chi connectivity index (χ3v) is 6.56. The Morgan fingerprint density at radius 3 is 2.21 bits per heavy atom. The van der Waals surface area contributed by atoms with Crippen LogP contribution in [-0.4, -0.2) is 34.6 Å². The van der Waals surface area contributed by atoms with Gasteiger partial charge >= 0.3 is 0 Å². The van der Waals surface area contributed by atoms with Gasteiger partial charge in [-0.05, 0) is 55.8 Å². The molecule has 2 N–H and O–H groups in total. The molecule has 0 aromatic heterocycles. The molecule has 0 aliphatic rings. The van der Waals surface area contributed by atoms with Crippen molar-refractivity contribution in [3.63, 3.8) is 0 Å². The van der Waals surface area contributed by atoms with Gasteiger partial charge in [0.15, 0.2) is 0 Å². The molecule has 0 spiro atoms. The molecule has 33 heavy (non-hydrogen) atoms. The van der Waals surface area contributed by atoms with Crippen LogP contribution in [0.4, 0.5) is 5.69 Å². The van der Waals surface area contributed by atoms with Crippen molar-refractivity contribution in [1.29, 1.82) is 0 Å². The number of rotatable bonds is 9. The van der Waals surface area contributed by atoms with Crippen LogP contribution in [0.3, 0.4) is 0 Å². The quantitative estimate of drug-likeness (QED) is 0.490. The zero-order valence-corrected chi connectivity index (χ0v) is 19.9. The molecule has 0 fully saturated rings. The van der Waals surface area contributed by atoms with E-state index >= 15 is 0 Å². The summed E-state index contributed by atoms with van der Waals surface area (Å²) in [6.07, 6.45) is 0.638. The summed E-state index contributed by atoms with van der Waals surface area (Å²) in [6, 6.07) is 19.3. The zero-order chi connectivity index (χ0) is 24.0. The summed E-state index contributed by atoms with van der Waals surface area (Å²) in [7, 11) is -0.865. The SMILES string of the molecule is COc1ccc(NC(=O)c2ccc(OC)c(S(=O)(=O)NC(C)C)c2)cc1Cc1ccccc1. The molecule has 3 aromatic carbocycles. The van der Waals surface area contributed by atoms with Gasteiger partial charge in [-0.3, -0.25) is 4.79 Å². The van der Waals surface area contributed by atoms with Crippen LogP contribution in [0, 0.1) is 0 Å². The molecule has 0 saturated carbocycles. The van der Waals surface area contributed by atoms with E-state index in [0.29, 0.717) is 12.1 Å². The maximum atomic E-state index is 12.9. The van der Waals surface area contributed by atoms with E-state index in [1.807, 2.05) is 36.4 Å². The number of ether oxygens (including phenoxy) is 2. The Morgan fingerprint density at radius 1 is 0.909 bits per heavy atom. The van der Waals surface area contributed by atoms with Gasteiger partial charge in [0.25, 0.3) is 5.91 Å². The maximum absolute atomic E-state index is 12.9. The zero-order valence-electron chi connectivity index (χ0n) is 19.1. The Morgan fingerprint density at radius 2 is 1.58 bits per heavy atom. The Hall–Kier alpha value is -3.36. The van der Waals surface area contributed by atoms with Gasteiger partial charge in [0.05, 0.1) is 14.2 Å². The first kappa shape index (κ1) is 24.3. The number of methoxy groups -OCH3 is 2. The molecular formula is C25H28N2O5S. The topological polar surface area (TPSA) is 93.7 Å². The highest BCUT2D eigenvalue weighted by molar-refractivity contribution is 7.89. The lowest BCUT2D eigenvalue weighted by Crippen LogP contribution is -2.30. The van der Waals surface area contributed by atoms with Crippen molar-refractivity contribution < 1.29 is 22.7 Å². The van der Waals surface area contributed by atoms with Crippen LogP contribution in [0.2, 0.25) is 0 Å². The maximum Gasteiger partial charge on any atom is 0.255 e. The summed E-state index contributed by atoms with van der Waals surface area (Å²) in [4.78, 5) is 12.8. The molecule has 8 heteroatoms. The molecule has 0 heterocycles. The van der Waals surface area contributed by atoms with Crippen molar-refractivity contribution in [3.8, 4) is 11.5 Å². The number of benzene rings is 3. The molecule has 0 aliphatic heterocycles. The van der Waals surface area contributed by atoms with Crippen LogP contribution >= 0.6 is 0 Å². The molecule has 0 aliphatic carbocycles. The lowest BCUT2D eigenvalue weighted by molar-refractivity contribution is 0.102. The molecule has 3 aromatic rings. The standard InChI is InChI=1S/C25H28N2O5S/c1-17(2)27-33(29,30)24-16-19(10-12-23(24)32-4)25(28)26-21-11-13-22(31-3)20(15-21)14-18-8-6-5-7-9-18/h5-13,15-17,27H,14H2,1-4H3,(H,26,28). The van der Waals surface area contributed by atoms with Crippen molar-refractivity contribution in [3.05, 3.63) is 83.4 Å². The Kier molecular flexibility index (Phi) is 7.73. The second kappa shape index (κ2) is 10.5. The minimum absolute atomic E-state index is 0.0918. The van der Waals surface area contributed by atoms with Gasteiger partial charge < -0.3 is 14.8 Å². The molecule has 0 unspecified atom stereocenters. The van der Waals surface area contributed by atoms with Crippen LogP contribution < -0.4 is 19.5 Å². The first-order valence-electron chi connectivity index (χ1n) is 10.5. The van der Waals surface area contributed by atoms with Crippen LogP contribution in [0.25, 0.3) is 0 Å². The third kappa shape index (κ3) is 6.12. The Labute approximate surface area is 194 Å². The summed E-state index contributed by atoms with van der Waals surface area (Å²) in [6.45, 7) is 3.44. The normalized spacial score (nSPS) is 11.3. The van der Waals surface area contributed by atoms with Gasteiger partial charge in [-0.15, -0.1) is 0 Å². The molecule has 174 valence electrons. The summed E-state index contributed by atoms with van der Waals surface area (Å²) >= 11 is 0. The molecule has 0 saturated heterocycles. The van der Waals surface area contributed by atoms with Crippen molar-refractivity contribution in [2.45, 2.75) is 31.2 Å². The van der Waals surface area contributed by atoms with Gasteiger partial charge in [0.1, 0.15) is 16.4 Å². The molecule has 7 nitrogen and oxygen atoms in total. The number of sulfonamides is 1. The lowest BCUT2D eigenvalue weighted by atomic mass is 10.0. The van der Waals surface area contributed by atoms with Gasteiger partial charge in [-0.1, -0.05) is 30.3 Å². The fourth-order valence-corrected chi connectivity index (χ4v) is 4.86. The fourth-order valence-electron chi connectivity index (χ4n) is 3.42. The van der Waals surface area contributed by atoms with Crippen molar-refractivity contribution in [1.82, 2.24) is 4.72 Å². The molecular weight excluding hydrogens is 440 g/mol. The lowest BCUT2D eigenvalue weighted by Gasteiger charge is -2.15. The smallest absolute Gasteiger partial charge is 0.255 e. The Balaban J connectivity index is 1.88.